The Hall–Kier alpha value is -1.85. The quantitative estimate of drug-likeness (QED) is 0.608. The summed E-state index contributed by atoms with van der Waals surface area (Å²) in [5.74, 6) is 0.266. The second kappa shape index (κ2) is 8.44. The molecular weight excluding hydrogens is 344 g/mol. The number of ether oxygens (including phenoxy) is 1. The summed E-state index contributed by atoms with van der Waals surface area (Å²) in [5, 5.41) is 29.6. The highest BCUT2D eigenvalue weighted by atomic mass is 16.5. The molecular formula is C22H30O5. The number of aliphatic hydroxyl groups is 2. The van der Waals surface area contributed by atoms with Gasteiger partial charge in [0.2, 0.25) is 0 Å². The van der Waals surface area contributed by atoms with Gasteiger partial charge in [-0.25, -0.2) is 0 Å². The molecule has 1 aliphatic heterocycles. The molecule has 6 atom stereocenters. The molecule has 0 saturated heterocycles. The number of carbonyl (C=O) groups is 1. The van der Waals surface area contributed by atoms with Crippen LogP contribution in [0, 0.1) is 11.8 Å². The number of hydrogen-bond acceptors (Lipinski definition) is 4. The van der Waals surface area contributed by atoms with Gasteiger partial charge in [-0.05, 0) is 24.3 Å². The van der Waals surface area contributed by atoms with Crippen molar-refractivity contribution in [2.45, 2.75) is 70.2 Å². The molecule has 2 aliphatic rings. The van der Waals surface area contributed by atoms with Gasteiger partial charge in [0, 0.05) is 30.2 Å². The van der Waals surface area contributed by atoms with Crippen molar-refractivity contribution in [2.75, 3.05) is 0 Å². The van der Waals surface area contributed by atoms with Gasteiger partial charge in [0.25, 0.3) is 0 Å². The summed E-state index contributed by atoms with van der Waals surface area (Å²) >= 11 is 0. The minimum Gasteiger partial charge on any atom is -0.489 e. The largest absolute Gasteiger partial charge is 0.489 e. The Morgan fingerprint density at radius 2 is 2.19 bits per heavy atom. The van der Waals surface area contributed by atoms with E-state index in [1.54, 1.807) is 0 Å². The fourth-order valence-corrected chi connectivity index (χ4v) is 4.27. The number of carboxylic acids is 1. The fourth-order valence-electron chi connectivity index (χ4n) is 4.27. The average molecular weight is 374 g/mol. The molecule has 2 unspecified atom stereocenters. The Balaban J connectivity index is 1.78. The van der Waals surface area contributed by atoms with Crippen LogP contribution in [0.3, 0.4) is 0 Å². The summed E-state index contributed by atoms with van der Waals surface area (Å²) in [6.07, 6.45) is 5.59. The number of aliphatic carboxylic acids is 1. The second-order valence-electron chi connectivity index (χ2n) is 7.91. The Bertz CT molecular complexity index is 698. The van der Waals surface area contributed by atoms with Gasteiger partial charge < -0.3 is 20.1 Å². The highest BCUT2D eigenvalue weighted by Gasteiger charge is 2.48. The van der Waals surface area contributed by atoms with Gasteiger partial charge in [0.1, 0.15) is 11.9 Å². The molecule has 148 valence electrons. The van der Waals surface area contributed by atoms with Crippen molar-refractivity contribution in [3.63, 3.8) is 0 Å². The molecule has 0 radical (unpaired) electrons. The molecule has 1 heterocycles. The highest BCUT2D eigenvalue weighted by molar-refractivity contribution is 5.66. The summed E-state index contributed by atoms with van der Waals surface area (Å²) in [5.41, 5.74) is 2.14. The smallest absolute Gasteiger partial charge is 0.303 e. The maximum Gasteiger partial charge on any atom is 0.303 e. The van der Waals surface area contributed by atoms with Gasteiger partial charge in [-0.2, -0.15) is 0 Å². The van der Waals surface area contributed by atoms with Crippen LogP contribution in [0.25, 0.3) is 0 Å². The number of hydrogen-bond donors (Lipinski definition) is 3. The zero-order valence-electron chi connectivity index (χ0n) is 16.0. The Labute approximate surface area is 160 Å². The van der Waals surface area contributed by atoms with E-state index in [0.717, 1.165) is 23.3 Å². The predicted molar refractivity (Wildman–Crippen MR) is 103 cm³/mol. The summed E-state index contributed by atoms with van der Waals surface area (Å²) in [7, 11) is 0. The van der Waals surface area contributed by atoms with Crippen LogP contribution in [0.15, 0.2) is 30.4 Å². The fraction of sp³-hybridized carbons (Fsp3) is 0.591. The van der Waals surface area contributed by atoms with E-state index in [1.807, 2.05) is 37.3 Å². The zero-order chi connectivity index (χ0) is 19.6. The van der Waals surface area contributed by atoms with E-state index in [-0.39, 0.29) is 30.3 Å². The number of carboxylic acid groups (broad SMARTS) is 1. The molecule has 1 aromatic rings. The molecule has 0 aromatic heterocycles. The van der Waals surface area contributed by atoms with E-state index >= 15 is 0 Å². The lowest BCUT2D eigenvalue weighted by Crippen LogP contribution is -2.19. The maximum atomic E-state index is 10.8. The third-order valence-corrected chi connectivity index (χ3v) is 6.08. The topological polar surface area (TPSA) is 87.0 Å². The standard InChI is InChI=1S/C22H30O5/c1-3-13(2)17(23)11-10-15-18(24)12-19-21(15)16-8-4-6-14(22(16)27-19)7-5-9-20(25)26/h4,6,8,10-11,13,15,17-19,21,23-24H,3,5,7,9,12H2,1-2H3,(H,25,26)/b11-10+/t13?,15-,17?,18+,19-,21-/m0/s1. The van der Waals surface area contributed by atoms with Crippen molar-refractivity contribution in [2.24, 2.45) is 11.8 Å². The molecule has 3 rings (SSSR count). The van der Waals surface area contributed by atoms with E-state index < -0.39 is 18.2 Å². The van der Waals surface area contributed by atoms with Gasteiger partial charge >= 0.3 is 5.97 Å². The Morgan fingerprint density at radius 1 is 1.41 bits per heavy atom. The summed E-state index contributed by atoms with van der Waals surface area (Å²) in [6, 6.07) is 6.03. The first-order chi connectivity index (χ1) is 12.9. The lowest BCUT2D eigenvalue weighted by atomic mass is 9.86. The van der Waals surface area contributed by atoms with Crippen molar-refractivity contribution < 1.29 is 24.9 Å². The molecule has 3 N–H and O–H groups in total. The number of aryl methyl sites for hydroxylation is 1. The van der Waals surface area contributed by atoms with E-state index in [9.17, 15) is 15.0 Å². The summed E-state index contributed by atoms with van der Waals surface area (Å²) < 4.78 is 6.19. The molecule has 5 nitrogen and oxygen atoms in total. The second-order valence-corrected chi connectivity index (χ2v) is 7.91. The van der Waals surface area contributed by atoms with Crippen LogP contribution in [0.2, 0.25) is 0 Å². The molecule has 0 spiro atoms. The van der Waals surface area contributed by atoms with Crippen LogP contribution in [-0.2, 0) is 11.2 Å². The van der Waals surface area contributed by atoms with Gasteiger partial charge in [-0.15, -0.1) is 0 Å². The monoisotopic (exact) mass is 374 g/mol. The molecule has 1 fully saturated rings. The first-order valence-electron chi connectivity index (χ1n) is 9.97. The van der Waals surface area contributed by atoms with Crippen molar-refractivity contribution in [1.29, 1.82) is 0 Å². The van der Waals surface area contributed by atoms with Gasteiger partial charge in [-0.3, -0.25) is 4.79 Å². The average Bonchev–Trinajstić information content (AvgIpc) is 3.14. The lowest BCUT2D eigenvalue weighted by Gasteiger charge is -2.19. The van der Waals surface area contributed by atoms with Gasteiger partial charge in [-0.1, -0.05) is 50.6 Å². The molecule has 27 heavy (non-hydrogen) atoms. The van der Waals surface area contributed by atoms with Crippen molar-refractivity contribution in [3.8, 4) is 5.75 Å². The van der Waals surface area contributed by atoms with E-state index in [2.05, 4.69) is 6.92 Å². The van der Waals surface area contributed by atoms with Crippen LogP contribution in [-0.4, -0.2) is 39.6 Å². The van der Waals surface area contributed by atoms with E-state index in [4.69, 9.17) is 9.84 Å². The van der Waals surface area contributed by atoms with E-state index in [0.29, 0.717) is 19.3 Å². The SMILES string of the molecule is CCC(C)C(O)/C=C/[C@@H]1[C@H]2c3cccc(CCCC(=O)O)c3O[C@H]2C[C@H]1O. The van der Waals surface area contributed by atoms with E-state index in [1.165, 1.54) is 0 Å². The first kappa shape index (κ1) is 19.9. The number of rotatable bonds is 8. The van der Waals surface area contributed by atoms with Crippen LogP contribution >= 0.6 is 0 Å². The highest BCUT2D eigenvalue weighted by Crippen LogP contribution is 2.52. The lowest BCUT2D eigenvalue weighted by molar-refractivity contribution is -0.137. The number of para-hydroxylation sites is 1. The van der Waals surface area contributed by atoms with Crippen LogP contribution in [0.1, 0.15) is 56.6 Å². The van der Waals surface area contributed by atoms with Crippen LogP contribution < -0.4 is 4.74 Å². The Kier molecular flexibility index (Phi) is 6.22. The third kappa shape index (κ3) is 4.19. The molecule has 5 heteroatoms. The van der Waals surface area contributed by atoms with Crippen LogP contribution in [0.4, 0.5) is 0 Å². The van der Waals surface area contributed by atoms with Crippen molar-refractivity contribution in [3.05, 3.63) is 41.5 Å². The minimum absolute atomic E-state index is 0.0639. The van der Waals surface area contributed by atoms with Crippen LogP contribution in [0.5, 0.6) is 5.75 Å². The normalized spacial score (nSPS) is 28.6. The Morgan fingerprint density at radius 3 is 2.89 bits per heavy atom. The van der Waals surface area contributed by atoms with Crippen molar-refractivity contribution in [1.82, 2.24) is 0 Å². The molecule has 1 saturated carbocycles. The van der Waals surface area contributed by atoms with Crippen molar-refractivity contribution >= 4 is 5.97 Å². The van der Waals surface area contributed by atoms with Gasteiger partial charge in [0.05, 0.1) is 12.2 Å². The molecule has 1 aromatic carbocycles. The number of fused-ring (bicyclic) bond motifs is 3. The molecule has 0 bridgehead atoms. The maximum absolute atomic E-state index is 10.8. The third-order valence-electron chi connectivity index (χ3n) is 6.08. The van der Waals surface area contributed by atoms with Gasteiger partial charge in [0.15, 0.2) is 0 Å². The number of aliphatic hydroxyl groups excluding tert-OH is 2. The summed E-state index contributed by atoms with van der Waals surface area (Å²) in [4.78, 5) is 10.8. The number of benzene rings is 1. The minimum atomic E-state index is -0.784. The first-order valence-corrected chi connectivity index (χ1v) is 9.97. The predicted octanol–water partition coefficient (Wildman–Crippen LogP) is 3.28. The zero-order valence-corrected chi connectivity index (χ0v) is 16.0. The summed E-state index contributed by atoms with van der Waals surface area (Å²) in [6.45, 7) is 4.06. The molecule has 1 aliphatic carbocycles. The molecule has 0 amide bonds.